The van der Waals surface area contributed by atoms with E-state index in [4.69, 9.17) is 14.2 Å². The van der Waals surface area contributed by atoms with Crippen LogP contribution in [-0.4, -0.2) is 33.4 Å². The topological polar surface area (TPSA) is 39.7 Å². The first-order valence-corrected chi connectivity index (χ1v) is 7.35. The van der Waals surface area contributed by atoms with Crippen molar-refractivity contribution < 1.29 is 14.2 Å². The van der Waals surface area contributed by atoms with Crippen molar-refractivity contribution >= 4 is 0 Å². The lowest BCUT2D eigenvalue weighted by Gasteiger charge is -2.23. The first-order valence-electron chi connectivity index (χ1n) is 7.35. The molecule has 4 heteroatoms. The van der Waals surface area contributed by atoms with Gasteiger partial charge >= 0.3 is 0 Å². The summed E-state index contributed by atoms with van der Waals surface area (Å²) >= 11 is 0. The largest absolute Gasteiger partial charge is 0.497 e. The highest BCUT2D eigenvalue weighted by molar-refractivity contribution is 5.38. The van der Waals surface area contributed by atoms with Crippen LogP contribution in [0.5, 0.6) is 11.5 Å². The fraction of sp³-hybridized carbons (Fsp3) is 0.625. The van der Waals surface area contributed by atoms with Gasteiger partial charge in [-0.2, -0.15) is 0 Å². The van der Waals surface area contributed by atoms with Crippen LogP contribution in [0, 0.1) is 0 Å². The molecule has 20 heavy (non-hydrogen) atoms. The van der Waals surface area contributed by atoms with Gasteiger partial charge in [0.1, 0.15) is 11.5 Å². The molecule has 2 rings (SSSR count). The molecular weight excluding hydrogens is 254 g/mol. The molecular formula is C16H25NO3. The third kappa shape index (κ3) is 4.69. The number of hydrogen-bond acceptors (Lipinski definition) is 4. The summed E-state index contributed by atoms with van der Waals surface area (Å²) in [6, 6.07) is 6.47. The number of piperidine rings is 1. The minimum atomic E-state index is 0.598. The molecule has 1 fully saturated rings. The molecule has 0 saturated carbocycles. The molecule has 4 nitrogen and oxygen atoms in total. The SMILES string of the molecule is COc1cc(COCCC2CCCCN2)cc(OC)c1. The van der Waals surface area contributed by atoms with E-state index in [1.54, 1.807) is 14.2 Å². The number of methoxy groups -OCH3 is 2. The van der Waals surface area contributed by atoms with E-state index in [0.717, 1.165) is 36.6 Å². The summed E-state index contributed by atoms with van der Waals surface area (Å²) in [6.07, 6.45) is 5.00. The summed E-state index contributed by atoms with van der Waals surface area (Å²) < 4.78 is 16.3. The van der Waals surface area contributed by atoms with Crippen LogP contribution in [0.15, 0.2) is 18.2 Å². The van der Waals surface area contributed by atoms with Crippen LogP contribution in [0.2, 0.25) is 0 Å². The molecule has 1 N–H and O–H groups in total. The molecule has 0 aromatic heterocycles. The van der Waals surface area contributed by atoms with Gasteiger partial charge in [-0.05, 0) is 43.5 Å². The number of benzene rings is 1. The van der Waals surface area contributed by atoms with E-state index < -0.39 is 0 Å². The summed E-state index contributed by atoms with van der Waals surface area (Å²) in [4.78, 5) is 0. The lowest BCUT2D eigenvalue weighted by atomic mass is 10.0. The van der Waals surface area contributed by atoms with Crippen LogP contribution in [-0.2, 0) is 11.3 Å². The quantitative estimate of drug-likeness (QED) is 0.779. The second kappa shape index (κ2) is 8.12. The van der Waals surface area contributed by atoms with Gasteiger partial charge in [0, 0.05) is 18.7 Å². The van der Waals surface area contributed by atoms with Crippen molar-refractivity contribution in [3.63, 3.8) is 0 Å². The average molecular weight is 279 g/mol. The molecule has 1 unspecified atom stereocenters. The average Bonchev–Trinajstić information content (AvgIpc) is 2.52. The van der Waals surface area contributed by atoms with Crippen LogP contribution >= 0.6 is 0 Å². The fourth-order valence-corrected chi connectivity index (χ4v) is 2.54. The van der Waals surface area contributed by atoms with E-state index in [0.29, 0.717) is 12.6 Å². The molecule has 1 aliphatic heterocycles. The smallest absolute Gasteiger partial charge is 0.122 e. The monoisotopic (exact) mass is 279 g/mol. The highest BCUT2D eigenvalue weighted by Crippen LogP contribution is 2.23. The van der Waals surface area contributed by atoms with Gasteiger partial charge in [-0.3, -0.25) is 0 Å². The third-order valence-electron chi connectivity index (χ3n) is 3.70. The van der Waals surface area contributed by atoms with Gasteiger partial charge in [-0.1, -0.05) is 6.42 Å². The number of rotatable bonds is 7. The Bertz CT molecular complexity index is 380. The molecule has 0 spiro atoms. The minimum Gasteiger partial charge on any atom is -0.497 e. The van der Waals surface area contributed by atoms with Crippen molar-refractivity contribution in [3.05, 3.63) is 23.8 Å². The predicted octanol–water partition coefficient (Wildman–Crippen LogP) is 2.75. The number of hydrogen-bond donors (Lipinski definition) is 1. The van der Waals surface area contributed by atoms with E-state index in [1.807, 2.05) is 18.2 Å². The Morgan fingerprint density at radius 1 is 1.10 bits per heavy atom. The molecule has 1 aromatic rings. The van der Waals surface area contributed by atoms with Gasteiger partial charge in [0.05, 0.1) is 20.8 Å². The van der Waals surface area contributed by atoms with E-state index in [1.165, 1.54) is 19.3 Å². The predicted molar refractivity (Wildman–Crippen MR) is 79.5 cm³/mol. The maximum Gasteiger partial charge on any atom is 0.122 e. The third-order valence-corrected chi connectivity index (χ3v) is 3.70. The molecule has 1 saturated heterocycles. The zero-order chi connectivity index (χ0) is 14.2. The first kappa shape index (κ1) is 15.1. The van der Waals surface area contributed by atoms with Crippen molar-refractivity contribution in [2.24, 2.45) is 0 Å². The van der Waals surface area contributed by atoms with Crippen LogP contribution in [0.4, 0.5) is 0 Å². The zero-order valence-electron chi connectivity index (χ0n) is 12.5. The van der Waals surface area contributed by atoms with Gasteiger partial charge in [-0.25, -0.2) is 0 Å². The first-order chi connectivity index (χ1) is 9.81. The van der Waals surface area contributed by atoms with E-state index >= 15 is 0 Å². The second-order valence-corrected chi connectivity index (χ2v) is 5.21. The van der Waals surface area contributed by atoms with E-state index in [-0.39, 0.29) is 0 Å². The Morgan fingerprint density at radius 2 is 1.85 bits per heavy atom. The summed E-state index contributed by atoms with van der Waals surface area (Å²) in [7, 11) is 3.32. The van der Waals surface area contributed by atoms with E-state index in [2.05, 4.69) is 5.32 Å². The van der Waals surface area contributed by atoms with Crippen molar-refractivity contribution in [3.8, 4) is 11.5 Å². The second-order valence-electron chi connectivity index (χ2n) is 5.21. The lowest BCUT2D eigenvalue weighted by molar-refractivity contribution is 0.108. The maximum atomic E-state index is 5.77. The Hall–Kier alpha value is -1.26. The lowest BCUT2D eigenvalue weighted by Crippen LogP contribution is -2.34. The standard InChI is InChI=1S/C16H25NO3/c1-18-15-9-13(10-16(11-15)19-2)12-20-8-6-14-5-3-4-7-17-14/h9-11,14,17H,3-8,12H2,1-2H3. The van der Waals surface area contributed by atoms with Gasteiger partial charge in [0.2, 0.25) is 0 Å². The van der Waals surface area contributed by atoms with Crippen molar-refractivity contribution in [1.82, 2.24) is 5.32 Å². The Kier molecular flexibility index (Phi) is 6.15. The zero-order valence-corrected chi connectivity index (χ0v) is 12.5. The summed E-state index contributed by atoms with van der Waals surface area (Å²) in [5.74, 6) is 1.61. The summed E-state index contributed by atoms with van der Waals surface area (Å²) in [6.45, 7) is 2.54. The molecule has 0 radical (unpaired) electrons. The van der Waals surface area contributed by atoms with Gasteiger partial charge in [0.25, 0.3) is 0 Å². The van der Waals surface area contributed by atoms with Crippen LogP contribution in [0.25, 0.3) is 0 Å². The fourth-order valence-electron chi connectivity index (χ4n) is 2.54. The molecule has 1 aliphatic rings. The van der Waals surface area contributed by atoms with E-state index in [9.17, 15) is 0 Å². The van der Waals surface area contributed by atoms with Gasteiger partial charge < -0.3 is 19.5 Å². The van der Waals surface area contributed by atoms with Crippen LogP contribution in [0.1, 0.15) is 31.2 Å². The molecule has 1 aromatic carbocycles. The highest BCUT2D eigenvalue weighted by Gasteiger charge is 2.11. The van der Waals surface area contributed by atoms with Crippen LogP contribution < -0.4 is 14.8 Å². The highest BCUT2D eigenvalue weighted by atomic mass is 16.5. The van der Waals surface area contributed by atoms with Crippen molar-refractivity contribution in [2.75, 3.05) is 27.4 Å². The van der Waals surface area contributed by atoms with Gasteiger partial charge in [-0.15, -0.1) is 0 Å². The Morgan fingerprint density at radius 3 is 2.45 bits per heavy atom. The number of ether oxygens (including phenoxy) is 3. The Labute approximate surface area is 121 Å². The normalized spacial score (nSPS) is 18.8. The molecule has 1 heterocycles. The van der Waals surface area contributed by atoms with Crippen LogP contribution in [0.3, 0.4) is 0 Å². The number of nitrogens with one attached hydrogen (secondary N) is 1. The molecule has 0 amide bonds. The molecule has 0 bridgehead atoms. The summed E-state index contributed by atoms with van der Waals surface area (Å²) in [5.41, 5.74) is 1.08. The molecule has 112 valence electrons. The maximum absolute atomic E-state index is 5.77. The Balaban J connectivity index is 1.75. The molecule has 0 aliphatic carbocycles. The summed E-state index contributed by atoms with van der Waals surface area (Å²) in [5, 5.41) is 3.53. The minimum absolute atomic E-state index is 0.598. The van der Waals surface area contributed by atoms with Gasteiger partial charge in [0.15, 0.2) is 0 Å². The molecule has 1 atom stereocenters. The van der Waals surface area contributed by atoms with Crippen molar-refractivity contribution in [2.45, 2.75) is 38.3 Å². The van der Waals surface area contributed by atoms with Crippen molar-refractivity contribution in [1.29, 1.82) is 0 Å².